The van der Waals surface area contributed by atoms with Crippen molar-refractivity contribution in [3.05, 3.63) is 55.7 Å². The molecule has 0 atom stereocenters. The molecular weight excluding hydrogens is 308 g/mol. The zero-order valence-corrected chi connectivity index (χ0v) is 14.6. The normalized spacial score (nSPS) is 10.7. The predicted molar refractivity (Wildman–Crippen MR) is 94.9 cm³/mol. The highest BCUT2D eigenvalue weighted by Crippen LogP contribution is 2.20. The molecule has 0 radical (unpaired) electrons. The number of carbonyl (C=O) groups is 1. The Morgan fingerprint density at radius 2 is 1.79 bits per heavy atom. The van der Waals surface area contributed by atoms with Crippen LogP contribution in [0.5, 0.6) is 0 Å². The number of Topliss-reactive ketones (excluding diaryl/α,β-unsaturated/α-hetero) is 1. The summed E-state index contributed by atoms with van der Waals surface area (Å²) in [6.45, 7) is 3.91. The number of hydrogen-bond donors (Lipinski definition) is 1. The maximum atomic E-state index is 12.6. The maximum absolute atomic E-state index is 12.6. The molecule has 0 spiro atoms. The monoisotopic (exact) mass is 330 g/mol. The third-order valence-electron chi connectivity index (χ3n) is 4.15. The first-order chi connectivity index (χ1) is 11.1. The molecule has 128 valence electrons. The number of carbonyl (C=O) groups excluding carboxylic acids is 1. The molecule has 1 heterocycles. The van der Waals surface area contributed by atoms with Crippen LogP contribution in [0.1, 0.15) is 21.5 Å². The first kappa shape index (κ1) is 17.5. The molecule has 7 heteroatoms. The summed E-state index contributed by atoms with van der Waals surface area (Å²) in [5.41, 5.74) is 7.45. The molecule has 0 amide bonds. The van der Waals surface area contributed by atoms with Crippen molar-refractivity contribution in [2.24, 2.45) is 14.1 Å². The molecule has 0 saturated carbocycles. The minimum Gasteiger partial charge on any atom is -0.384 e. The first-order valence-corrected chi connectivity index (χ1v) is 7.52. The standard InChI is InChI=1S/C17H22N4O3/c1-10-6-7-11(2)12(8-10)19(3)9-13(22)14-15(18)20(4)17(24)21(5)16(14)23/h6-8H,9,18H2,1-5H3. The van der Waals surface area contributed by atoms with E-state index in [0.717, 1.165) is 25.9 Å². The van der Waals surface area contributed by atoms with E-state index >= 15 is 0 Å². The van der Waals surface area contributed by atoms with Gasteiger partial charge < -0.3 is 10.6 Å². The summed E-state index contributed by atoms with van der Waals surface area (Å²) in [4.78, 5) is 38.5. The lowest BCUT2D eigenvalue weighted by molar-refractivity contribution is 0.0998. The minimum atomic E-state index is -0.671. The summed E-state index contributed by atoms with van der Waals surface area (Å²) < 4.78 is 1.99. The third-order valence-corrected chi connectivity index (χ3v) is 4.15. The van der Waals surface area contributed by atoms with Crippen LogP contribution in [0.15, 0.2) is 27.8 Å². The Balaban J connectivity index is 2.43. The smallest absolute Gasteiger partial charge is 0.332 e. The summed E-state index contributed by atoms with van der Waals surface area (Å²) in [5.74, 6) is -0.533. The van der Waals surface area contributed by atoms with Crippen LogP contribution in [0.2, 0.25) is 0 Å². The van der Waals surface area contributed by atoms with E-state index in [1.54, 1.807) is 11.9 Å². The predicted octanol–water partition coefficient (Wildman–Crippen LogP) is 0.602. The summed E-state index contributed by atoms with van der Waals surface area (Å²) >= 11 is 0. The molecule has 2 rings (SSSR count). The van der Waals surface area contributed by atoms with Crippen LogP contribution in [0, 0.1) is 13.8 Å². The van der Waals surface area contributed by atoms with Gasteiger partial charge in [-0.15, -0.1) is 0 Å². The van der Waals surface area contributed by atoms with Crippen molar-refractivity contribution in [2.45, 2.75) is 13.8 Å². The van der Waals surface area contributed by atoms with Gasteiger partial charge >= 0.3 is 5.69 Å². The average molecular weight is 330 g/mol. The Labute approximate surface area is 139 Å². The van der Waals surface area contributed by atoms with Crippen molar-refractivity contribution >= 4 is 17.3 Å². The van der Waals surface area contributed by atoms with Crippen molar-refractivity contribution in [3.63, 3.8) is 0 Å². The van der Waals surface area contributed by atoms with E-state index in [1.165, 1.54) is 14.1 Å². The van der Waals surface area contributed by atoms with Crippen LogP contribution in [0.3, 0.4) is 0 Å². The Kier molecular flexibility index (Phi) is 4.64. The van der Waals surface area contributed by atoms with Crippen LogP contribution in [-0.4, -0.2) is 28.5 Å². The molecule has 0 unspecified atom stereocenters. The molecule has 2 aromatic rings. The van der Waals surface area contributed by atoms with Crippen LogP contribution in [-0.2, 0) is 14.1 Å². The van der Waals surface area contributed by atoms with Gasteiger partial charge in [-0.3, -0.25) is 18.7 Å². The Bertz CT molecular complexity index is 925. The lowest BCUT2D eigenvalue weighted by atomic mass is 10.1. The molecule has 0 fully saturated rings. The van der Waals surface area contributed by atoms with Gasteiger partial charge in [-0.1, -0.05) is 12.1 Å². The largest absolute Gasteiger partial charge is 0.384 e. The maximum Gasteiger partial charge on any atom is 0.332 e. The van der Waals surface area contributed by atoms with Gasteiger partial charge in [0, 0.05) is 26.8 Å². The highest BCUT2D eigenvalue weighted by Gasteiger charge is 2.21. The van der Waals surface area contributed by atoms with Crippen LogP contribution >= 0.6 is 0 Å². The number of nitrogens with two attached hydrogens (primary N) is 1. The van der Waals surface area contributed by atoms with E-state index in [-0.39, 0.29) is 17.9 Å². The first-order valence-electron chi connectivity index (χ1n) is 7.52. The van der Waals surface area contributed by atoms with Crippen LogP contribution < -0.4 is 21.9 Å². The van der Waals surface area contributed by atoms with Gasteiger partial charge in [0.2, 0.25) is 0 Å². The molecular formula is C17H22N4O3. The zero-order valence-electron chi connectivity index (χ0n) is 14.6. The number of hydrogen-bond acceptors (Lipinski definition) is 5. The van der Waals surface area contributed by atoms with Gasteiger partial charge in [0.15, 0.2) is 5.78 Å². The van der Waals surface area contributed by atoms with E-state index < -0.39 is 17.0 Å². The third kappa shape index (κ3) is 2.97. The number of nitrogens with zero attached hydrogens (tertiary/aromatic N) is 3. The molecule has 0 saturated heterocycles. The van der Waals surface area contributed by atoms with E-state index in [4.69, 9.17) is 5.73 Å². The van der Waals surface area contributed by atoms with Gasteiger partial charge in [0.25, 0.3) is 5.56 Å². The van der Waals surface area contributed by atoms with Gasteiger partial charge in [0.1, 0.15) is 11.4 Å². The number of anilines is 2. The molecule has 0 bridgehead atoms. The molecule has 0 aliphatic rings. The molecule has 1 aromatic carbocycles. The SMILES string of the molecule is Cc1ccc(C)c(N(C)CC(=O)c2c(N)n(C)c(=O)n(C)c2=O)c1. The van der Waals surface area contributed by atoms with E-state index in [9.17, 15) is 14.4 Å². The number of likely N-dealkylation sites (N-methyl/N-ethyl adjacent to an activating group) is 1. The molecule has 24 heavy (non-hydrogen) atoms. The number of rotatable bonds is 4. The van der Waals surface area contributed by atoms with Crippen LogP contribution in [0.25, 0.3) is 0 Å². The summed E-state index contributed by atoms with van der Waals surface area (Å²) in [6.07, 6.45) is 0. The fourth-order valence-corrected chi connectivity index (χ4v) is 2.63. The number of aryl methyl sites for hydroxylation is 2. The second-order valence-electron chi connectivity index (χ2n) is 6.04. The molecule has 1 aromatic heterocycles. The molecule has 0 aliphatic heterocycles. The lowest BCUT2D eigenvalue weighted by Crippen LogP contribution is -2.43. The van der Waals surface area contributed by atoms with E-state index in [2.05, 4.69) is 0 Å². The number of ketones is 1. The second-order valence-corrected chi connectivity index (χ2v) is 6.04. The molecule has 0 aliphatic carbocycles. The molecule has 2 N–H and O–H groups in total. The fraction of sp³-hybridized carbons (Fsp3) is 0.353. The van der Waals surface area contributed by atoms with Crippen molar-refractivity contribution in [1.29, 1.82) is 0 Å². The van der Waals surface area contributed by atoms with Crippen molar-refractivity contribution in [3.8, 4) is 0 Å². The number of benzene rings is 1. The number of nitrogen functional groups attached to an aromatic ring is 1. The Hall–Kier alpha value is -2.83. The average Bonchev–Trinajstić information content (AvgIpc) is 2.53. The van der Waals surface area contributed by atoms with Gasteiger partial charge in [-0.2, -0.15) is 0 Å². The Morgan fingerprint density at radius 1 is 1.17 bits per heavy atom. The summed E-state index contributed by atoms with van der Waals surface area (Å²) in [6, 6.07) is 5.95. The minimum absolute atomic E-state index is 0.0120. The zero-order chi connectivity index (χ0) is 18.2. The number of aromatic nitrogens is 2. The highest BCUT2D eigenvalue weighted by atomic mass is 16.2. The fourth-order valence-electron chi connectivity index (χ4n) is 2.63. The van der Waals surface area contributed by atoms with Crippen molar-refractivity contribution < 1.29 is 4.79 Å². The molecule has 7 nitrogen and oxygen atoms in total. The van der Waals surface area contributed by atoms with Gasteiger partial charge in [0.05, 0.1) is 6.54 Å². The quantitative estimate of drug-likeness (QED) is 0.829. The summed E-state index contributed by atoms with van der Waals surface area (Å²) in [5, 5.41) is 0. The lowest BCUT2D eigenvalue weighted by Gasteiger charge is -2.21. The topological polar surface area (TPSA) is 90.3 Å². The second kappa shape index (κ2) is 6.35. The van der Waals surface area contributed by atoms with Crippen LogP contribution in [0.4, 0.5) is 11.5 Å². The Morgan fingerprint density at radius 3 is 2.42 bits per heavy atom. The highest BCUT2D eigenvalue weighted by molar-refractivity contribution is 6.02. The van der Waals surface area contributed by atoms with Gasteiger partial charge in [-0.25, -0.2) is 4.79 Å². The van der Waals surface area contributed by atoms with E-state index in [0.29, 0.717) is 0 Å². The van der Waals surface area contributed by atoms with E-state index in [1.807, 2.05) is 32.0 Å². The van der Waals surface area contributed by atoms with Gasteiger partial charge in [-0.05, 0) is 31.0 Å². The summed E-state index contributed by atoms with van der Waals surface area (Å²) in [7, 11) is 4.54. The van der Waals surface area contributed by atoms with Crippen molar-refractivity contribution in [2.75, 3.05) is 24.2 Å². The van der Waals surface area contributed by atoms with Crippen molar-refractivity contribution in [1.82, 2.24) is 9.13 Å².